The molecule has 0 aromatic rings. The fourth-order valence-electron chi connectivity index (χ4n) is 0. The molecule has 0 rings (SSSR count). The van der Waals surface area contributed by atoms with Crippen molar-refractivity contribution in [2.45, 2.75) is 0 Å². The molecule has 0 spiro atoms. The second-order valence-electron chi connectivity index (χ2n) is 0. The van der Waals surface area contributed by atoms with Crippen LogP contribution in [0, 0.1) is 0 Å². The molecule has 20 valence electrons. The van der Waals surface area contributed by atoms with Crippen LogP contribution in [0.4, 0.5) is 0 Å². The second-order valence-corrected chi connectivity index (χ2v) is 0. The molecule has 0 bridgehead atoms. The minimum Gasteiger partial charge on any atom is 0 e. The number of hydrogen-bond donors (Lipinski definition) is 0. The van der Waals surface area contributed by atoms with Gasteiger partial charge in [0.05, 0.1) is 0 Å². The largest absolute Gasteiger partial charge is 0 e. The third kappa shape index (κ3) is 9.07. The summed E-state index contributed by atoms with van der Waals surface area (Å²) >= 11 is 0. The van der Waals surface area contributed by atoms with Crippen LogP contribution < -0.4 is 51.4 Å². The van der Waals surface area contributed by atoms with E-state index in [9.17, 15) is 0 Å². The average Bonchev–Trinajstić information content (AvgIpc) is 0. The Morgan fingerprint density at radius 1 is 1.25 bits per heavy atom. The summed E-state index contributed by atoms with van der Waals surface area (Å²) < 4.78 is 0. The van der Waals surface area contributed by atoms with Crippen molar-refractivity contribution in [1.82, 2.24) is 0 Å². The van der Waals surface area contributed by atoms with Gasteiger partial charge in [-0.2, -0.15) is 9.90 Å². The van der Waals surface area contributed by atoms with Crippen molar-refractivity contribution in [2.75, 3.05) is 0 Å². The smallest absolute Gasteiger partial charge is 0 e. The van der Waals surface area contributed by atoms with Crippen molar-refractivity contribution in [2.24, 2.45) is 0 Å². The summed E-state index contributed by atoms with van der Waals surface area (Å²) in [6.45, 7) is 0. The van der Waals surface area contributed by atoms with Crippen LogP contribution in [0.1, 0.15) is 1.43 Å². The van der Waals surface area contributed by atoms with Crippen LogP contribution in [0.15, 0.2) is 0 Å². The predicted molar refractivity (Wildman–Crippen MR) is 19.4 cm³/mol. The number of hydrogen-bond acceptors (Lipinski definition) is 0. The molecular weight excluding hydrogens is 240 g/mol. The molecule has 0 saturated carbocycles. The first-order valence-corrected chi connectivity index (χ1v) is 0. The third-order valence-electron chi connectivity index (χ3n) is 0. The van der Waals surface area contributed by atoms with Crippen LogP contribution in [0.3, 0.4) is 0 Å². The molecule has 0 N–H and O–H groups in total. The van der Waals surface area contributed by atoms with Gasteiger partial charge in [0.25, 0.3) is 0 Å². The molecule has 0 saturated heterocycles. The molecule has 1 unspecified atom stereocenters. The molecule has 0 nitrogen and oxygen atoms in total. The summed E-state index contributed by atoms with van der Waals surface area (Å²) in [4.78, 5) is 0. The Labute approximate surface area is 103 Å². The van der Waals surface area contributed by atoms with Gasteiger partial charge in [-0.05, 0) is 0 Å². The van der Waals surface area contributed by atoms with Gasteiger partial charge >= 0.3 is 75.3 Å². The fraction of sp³-hybridized carbons (Fsp3) is 0. The summed E-state index contributed by atoms with van der Waals surface area (Å²) in [5.41, 5.74) is 0. The van der Waals surface area contributed by atoms with Crippen molar-refractivity contribution in [1.29, 1.82) is 0 Å². The maximum atomic E-state index is 0. The predicted octanol–water partition coefficient (Wildman–Crippen LogP) is -3.48. The molecule has 0 aliphatic heterocycles. The van der Waals surface area contributed by atoms with Crippen molar-refractivity contribution in [3.8, 4) is 0 Å². The quantitative estimate of drug-likeness (QED) is 0.307. The van der Waals surface area contributed by atoms with Crippen LogP contribution in [0.5, 0.6) is 0 Å². The van der Waals surface area contributed by atoms with Gasteiger partial charge in [-0.15, -0.1) is 0 Å². The van der Waals surface area contributed by atoms with Gasteiger partial charge in [-0.1, -0.05) is 0 Å². The molecule has 0 fully saturated rings. The monoisotopic (exact) mass is 246 g/mol. The van der Waals surface area contributed by atoms with Crippen LogP contribution >= 0.6 is 9.90 Å². The van der Waals surface area contributed by atoms with Gasteiger partial charge in [0.1, 0.15) is 0 Å². The topological polar surface area (TPSA) is 0 Å². The van der Waals surface area contributed by atoms with Crippen LogP contribution in [0.2, 0.25) is 0 Å². The maximum absolute atomic E-state index is 0. The standard InChI is InChI=1S/K.H3P.Sn.V.2H/h;1H3;;;;/q+1;;;;;-1. The maximum Gasteiger partial charge on any atom is 0 e. The van der Waals surface area contributed by atoms with Crippen LogP contribution in [0.25, 0.3) is 0 Å². The summed E-state index contributed by atoms with van der Waals surface area (Å²) in [5.74, 6) is 0. The minimum atomic E-state index is 0. The third-order valence-corrected chi connectivity index (χ3v) is 0. The van der Waals surface area contributed by atoms with E-state index in [2.05, 4.69) is 0 Å². The normalized spacial score (nSPS) is 0. The zero-order valence-electron chi connectivity index (χ0n) is 3.73. The zero-order valence-corrected chi connectivity index (χ0v) is 12.0. The van der Waals surface area contributed by atoms with Crippen LogP contribution in [-0.2, 0) is 18.6 Å². The van der Waals surface area contributed by atoms with Crippen molar-refractivity contribution < 1.29 is 71.4 Å². The summed E-state index contributed by atoms with van der Waals surface area (Å²) in [6, 6.07) is 0. The van der Waals surface area contributed by atoms with Gasteiger partial charge < -0.3 is 1.43 Å². The molecule has 1 atom stereocenters. The molecule has 0 aliphatic carbocycles. The van der Waals surface area contributed by atoms with Gasteiger partial charge in [0, 0.05) is 18.6 Å². The van der Waals surface area contributed by atoms with Crippen LogP contribution in [-0.4, -0.2) is 23.9 Å². The Bertz CT molecular complexity index is 11.6. The van der Waals surface area contributed by atoms with Crippen molar-refractivity contribution in [3.05, 3.63) is 0 Å². The van der Waals surface area contributed by atoms with Gasteiger partial charge in [-0.25, -0.2) is 0 Å². The van der Waals surface area contributed by atoms with Gasteiger partial charge in [-0.3, -0.25) is 0 Å². The molecule has 0 aromatic carbocycles. The van der Waals surface area contributed by atoms with Gasteiger partial charge in [0.15, 0.2) is 0 Å². The molecule has 4 heavy (non-hydrogen) atoms. The van der Waals surface area contributed by atoms with E-state index in [-0.39, 0.29) is 105 Å². The Morgan fingerprint density at radius 2 is 1.25 bits per heavy atom. The Morgan fingerprint density at radius 3 is 1.25 bits per heavy atom. The SMILES string of the molecule is P.[H-].[K+].[SnH].[V]. The first kappa shape index (κ1) is 26.0. The van der Waals surface area contributed by atoms with E-state index >= 15 is 0 Å². The molecule has 0 aliphatic rings. The van der Waals surface area contributed by atoms with Gasteiger partial charge in [0.2, 0.25) is 0 Å². The Kier molecular flexibility index (Phi) is 105. The molecule has 4 heteroatoms. The van der Waals surface area contributed by atoms with Crippen molar-refractivity contribution in [3.63, 3.8) is 0 Å². The zero-order chi connectivity index (χ0) is 0. The fourth-order valence-corrected chi connectivity index (χ4v) is 0. The summed E-state index contributed by atoms with van der Waals surface area (Å²) in [5, 5.41) is 0. The first-order chi connectivity index (χ1) is 0. The molecular formula is H5KPSnV. The number of rotatable bonds is 0. The van der Waals surface area contributed by atoms with E-state index in [0.29, 0.717) is 0 Å². The van der Waals surface area contributed by atoms with E-state index < -0.39 is 0 Å². The molecule has 0 amide bonds. The van der Waals surface area contributed by atoms with E-state index in [4.69, 9.17) is 0 Å². The summed E-state index contributed by atoms with van der Waals surface area (Å²) in [7, 11) is 0. The van der Waals surface area contributed by atoms with Crippen molar-refractivity contribution >= 4 is 33.8 Å². The molecule has 0 heterocycles. The van der Waals surface area contributed by atoms with E-state index in [0.717, 1.165) is 0 Å². The van der Waals surface area contributed by atoms with E-state index in [1.165, 1.54) is 0 Å². The minimum absolute atomic E-state index is 0. The Hall–Kier alpha value is 3.45. The molecule has 4 radical (unpaired) electrons. The second kappa shape index (κ2) is 16.1. The molecule has 0 aromatic heterocycles. The summed E-state index contributed by atoms with van der Waals surface area (Å²) in [6.07, 6.45) is 0. The first-order valence-electron chi connectivity index (χ1n) is 0. The van der Waals surface area contributed by atoms with E-state index in [1.54, 1.807) is 0 Å². The average molecular weight is 245 g/mol. The van der Waals surface area contributed by atoms with E-state index in [1.807, 2.05) is 0 Å². The Balaban J connectivity index is 0.